The van der Waals surface area contributed by atoms with Crippen LogP contribution in [0.1, 0.15) is 0 Å². The largest absolute Gasteiger partial charge is 0.468 e. The van der Waals surface area contributed by atoms with Gasteiger partial charge in [0.1, 0.15) is 5.41 Å². The van der Waals surface area contributed by atoms with Crippen molar-refractivity contribution in [3.63, 3.8) is 0 Å². The molecule has 3 heterocycles. The van der Waals surface area contributed by atoms with Crippen molar-refractivity contribution in [3.8, 4) is 0 Å². The fourth-order valence-corrected chi connectivity index (χ4v) is 5.36. The lowest BCUT2D eigenvalue weighted by atomic mass is 9.81. The van der Waals surface area contributed by atoms with E-state index in [0.29, 0.717) is 17.7 Å². The van der Waals surface area contributed by atoms with E-state index in [-0.39, 0.29) is 30.5 Å². The normalized spacial score (nSPS) is 26.3. The molecule has 0 spiro atoms. The van der Waals surface area contributed by atoms with E-state index in [9.17, 15) is 18.0 Å². The molecule has 10 heteroatoms. The van der Waals surface area contributed by atoms with Crippen LogP contribution in [0.3, 0.4) is 0 Å². The van der Waals surface area contributed by atoms with Crippen LogP contribution in [0.4, 0.5) is 0 Å². The van der Waals surface area contributed by atoms with Crippen LogP contribution in [0.25, 0.3) is 11.1 Å². The second-order valence-electron chi connectivity index (χ2n) is 6.71. The molecule has 9 nitrogen and oxygen atoms in total. The number of benzene rings is 1. The third-order valence-electron chi connectivity index (χ3n) is 5.34. The Bertz CT molecular complexity index is 1050. The van der Waals surface area contributed by atoms with E-state index < -0.39 is 27.2 Å². The summed E-state index contributed by atoms with van der Waals surface area (Å²) in [4.78, 5) is 23.9. The number of rotatable bonds is 3. The van der Waals surface area contributed by atoms with Crippen molar-refractivity contribution in [2.24, 2.45) is 18.4 Å². The number of aromatic nitrogens is 1. The van der Waals surface area contributed by atoms with Crippen LogP contribution >= 0.6 is 0 Å². The van der Waals surface area contributed by atoms with Crippen LogP contribution in [-0.4, -0.2) is 56.7 Å². The molecule has 0 amide bonds. The minimum atomic E-state index is -3.85. The van der Waals surface area contributed by atoms with Gasteiger partial charge >= 0.3 is 11.7 Å². The number of aryl methyl sites for hydroxylation is 1. The highest BCUT2D eigenvalue weighted by Crippen LogP contribution is 2.44. The molecule has 0 bridgehead atoms. The zero-order valence-electron chi connectivity index (χ0n) is 14.3. The van der Waals surface area contributed by atoms with E-state index in [1.807, 2.05) is 0 Å². The van der Waals surface area contributed by atoms with Crippen LogP contribution in [-0.2, 0) is 31.3 Å². The van der Waals surface area contributed by atoms with Gasteiger partial charge in [-0.2, -0.15) is 4.31 Å². The van der Waals surface area contributed by atoms with Gasteiger partial charge < -0.3 is 13.9 Å². The fourth-order valence-electron chi connectivity index (χ4n) is 3.78. The van der Waals surface area contributed by atoms with Gasteiger partial charge in [0.2, 0.25) is 10.0 Å². The summed E-state index contributed by atoms with van der Waals surface area (Å²) in [6, 6.07) is 4.26. The average Bonchev–Trinajstić information content (AvgIpc) is 3.26. The molecule has 2 atom stereocenters. The Morgan fingerprint density at radius 1 is 1.38 bits per heavy atom. The first-order chi connectivity index (χ1) is 12.3. The second kappa shape index (κ2) is 5.66. The molecular weight excluding hydrogens is 364 g/mol. The Morgan fingerprint density at radius 2 is 2.15 bits per heavy atom. The van der Waals surface area contributed by atoms with Crippen LogP contribution < -0.4 is 5.76 Å². The number of carbonyl (C=O) groups excluding carboxylic acids is 1. The molecule has 2 fully saturated rings. The lowest BCUT2D eigenvalue weighted by Gasteiger charge is -2.23. The summed E-state index contributed by atoms with van der Waals surface area (Å²) in [5.74, 6) is -1.26. The topological polar surface area (TPSA) is 108 Å². The minimum absolute atomic E-state index is 0.00896. The summed E-state index contributed by atoms with van der Waals surface area (Å²) in [5.41, 5.74) is -0.260. The molecule has 1 aromatic carbocycles. The predicted molar refractivity (Wildman–Crippen MR) is 89.0 cm³/mol. The molecule has 2 saturated heterocycles. The number of esters is 1. The maximum Gasteiger partial charge on any atom is 0.419 e. The molecule has 26 heavy (non-hydrogen) atoms. The molecule has 4 rings (SSSR count). The Balaban J connectivity index is 1.73. The van der Waals surface area contributed by atoms with Crippen molar-refractivity contribution in [3.05, 3.63) is 28.7 Å². The van der Waals surface area contributed by atoms with Crippen molar-refractivity contribution < 1.29 is 27.1 Å². The standard InChI is InChI=1S/C16H18N2O7S/c1-17-12-5-11(3-4-13(12)25-15(17)20)26(21,22)18-6-10-7-24-9-16(10,8-18)14(19)23-2/h3-5,10H,6-9H2,1-2H3/t10-,16-/m0/s1. The number of nitrogens with zero attached hydrogens (tertiary/aromatic N) is 2. The average molecular weight is 382 g/mol. The number of methoxy groups -OCH3 is 1. The Kier molecular flexibility index (Phi) is 3.76. The van der Waals surface area contributed by atoms with Gasteiger partial charge in [0.05, 0.1) is 30.7 Å². The summed E-state index contributed by atoms with van der Waals surface area (Å²) >= 11 is 0. The maximum absolute atomic E-state index is 13.1. The van der Waals surface area contributed by atoms with Gasteiger partial charge in [0.15, 0.2) is 5.58 Å². The molecule has 2 aliphatic heterocycles. The molecule has 0 aliphatic carbocycles. The number of hydrogen-bond acceptors (Lipinski definition) is 7. The highest BCUT2D eigenvalue weighted by Gasteiger charge is 2.59. The Morgan fingerprint density at radius 3 is 2.88 bits per heavy atom. The molecule has 0 saturated carbocycles. The smallest absolute Gasteiger partial charge is 0.419 e. The molecular formula is C16H18N2O7S. The van der Waals surface area contributed by atoms with Gasteiger partial charge in [-0.05, 0) is 18.2 Å². The number of fused-ring (bicyclic) bond motifs is 2. The summed E-state index contributed by atoms with van der Waals surface area (Å²) < 4.78 is 44.1. The lowest BCUT2D eigenvalue weighted by molar-refractivity contribution is -0.153. The van der Waals surface area contributed by atoms with Crippen LogP contribution in [0.5, 0.6) is 0 Å². The molecule has 0 unspecified atom stereocenters. The van der Waals surface area contributed by atoms with E-state index in [1.165, 1.54) is 41.2 Å². The highest BCUT2D eigenvalue weighted by atomic mass is 32.2. The number of sulfonamides is 1. The first-order valence-electron chi connectivity index (χ1n) is 8.05. The molecule has 0 radical (unpaired) electrons. The molecule has 140 valence electrons. The van der Waals surface area contributed by atoms with Gasteiger partial charge in [-0.1, -0.05) is 0 Å². The summed E-state index contributed by atoms with van der Waals surface area (Å²) in [7, 11) is -1.05. The summed E-state index contributed by atoms with van der Waals surface area (Å²) in [6.45, 7) is 0.650. The molecule has 1 aromatic heterocycles. The predicted octanol–water partition coefficient (Wildman–Crippen LogP) is -0.0584. The molecule has 2 aromatic rings. The van der Waals surface area contributed by atoms with Gasteiger partial charge in [-0.25, -0.2) is 13.2 Å². The van der Waals surface area contributed by atoms with E-state index in [2.05, 4.69) is 0 Å². The fraction of sp³-hybridized carbons (Fsp3) is 0.500. The van der Waals surface area contributed by atoms with E-state index in [1.54, 1.807) is 0 Å². The zero-order chi connectivity index (χ0) is 18.7. The van der Waals surface area contributed by atoms with Crippen molar-refractivity contribution in [2.45, 2.75) is 4.90 Å². The van der Waals surface area contributed by atoms with Crippen LogP contribution in [0.2, 0.25) is 0 Å². The van der Waals surface area contributed by atoms with Crippen LogP contribution in [0, 0.1) is 11.3 Å². The number of carbonyl (C=O) groups is 1. The van der Waals surface area contributed by atoms with Gasteiger partial charge in [-0.15, -0.1) is 0 Å². The third kappa shape index (κ3) is 2.25. The molecule has 0 N–H and O–H groups in total. The number of hydrogen-bond donors (Lipinski definition) is 0. The third-order valence-corrected chi connectivity index (χ3v) is 7.14. The first kappa shape index (κ1) is 17.3. The first-order valence-corrected chi connectivity index (χ1v) is 9.49. The quantitative estimate of drug-likeness (QED) is 0.685. The summed E-state index contributed by atoms with van der Waals surface area (Å²) in [6.07, 6.45) is 0. The van der Waals surface area contributed by atoms with Crippen molar-refractivity contribution in [1.82, 2.24) is 8.87 Å². The SMILES string of the molecule is COC(=O)[C@@]12COC[C@@H]1CN(S(=O)(=O)c1ccc3oc(=O)n(C)c3c1)C2. The highest BCUT2D eigenvalue weighted by molar-refractivity contribution is 7.89. The van der Waals surface area contributed by atoms with E-state index in [4.69, 9.17) is 13.9 Å². The van der Waals surface area contributed by atoms with E-state index >= 15 is 0 Å². The van der Waals surface area contributed by atoms with Gasteiger partial charge in [0, 0.05) is 26.1 Å². The van der Waals surface area contributed by atoms with Crippen molar-refractivity contribution in [1.29, 1.82) is 0 Å². The summed E-state index contributed by atoms with van der Waals surface area (Å²) in [5, 5.41) is 0. The Labute approximate surface area is 149 Å². The van der Waals surface area contributed by atoms with Crippen molar-refractivity contribution in [2.75, 3.05) is 33.4 Å². The monoisotopic (exact) mass is 382 g/mol. The lowest BCUT2D eigenvalue weighted by Crippen LogP contribution is -2.41. The number of ether oxygens (including phenoxy) is 2. The van der Waals surface area contributed by atoms with Crippen molar-refractivity contribution >= 4 is 27.1 Å². The van der Waals surface area contributed by atoms with Crippen LogP contribution in [0.15, 0.2) is 32.3 Å². The maximum atomic E-state index is 13.1. The zero-order valence-corrected chi connectivity index (χ0v) is 15.1. The second-order valence-corrected chi connectivity index (χ2v) is 8.65. The Hall–Kier alpha value is -2.17. The molecule has 2 aliphatic rings. The van der Waals surface area contributed by atoms with Gasteiger partial charge in [-0.3, -0.25) is 9.36 Å². The van der Waals surface area contributed by atoms with E-state index in [0.717, 1.165) is 0 Å². The minimum Gasteiger partial charge on any atom is -0.468 e. The van der Waals surface area contributed by atoms with Gasteiger partial charge in [0.25, 0.3) is 0 Å². The number of oxazole rings is 1.